The number of nitrogens with zero attached hydrogens (tertiary/aromatic N) is 2. The number of likely N-dealkylation sites (tertiary alicyclic amines) is 1. The Bertz CT molecular complexity index is 457. The molecule has 2 N–H and O–H groups in total. The molecule has 0 bridgehead atoms. The van der Waals surface area contributed by atoms with Crippen molar-refractivity contribution in [2.75, 3.05) is 37.6 Å². The van der Waals surface area contributed by atoms with Crippen LogP contribution in [0.15, 0.2) is 22.7 Å². The number of nitrogens with two attached hydrogens (primary N) is 1. The van der Waals surface area contributed by atoms with Gasteiger partial charge in [-0.05, 0) is 63.0 Å². The monoisotopic (exact) mass is 337 g/mol. The zero-order valence-electron chi connectivity index (χ0n) is 12.0. The van der Waals surface area contributed by atoms with Gasteiger partial charge in [-0.15, -0.1) is 0 Å². The van der Waals surface area contributed by atoms with Gasteiger partial charge in [0.1, 0.15) is 0 Å². The van der Waals surface area contributed by atoms with Crippen molar-refractivity contribution in [3.63, 3.8) is 0 Å². The number of anilines is 1. The standard InChI is InChI=1S/C16H24BrN3/c17-14-4-3-13(5-7-18)16(11-14)20-10-6-15(12-20)19-8-1-2-9-19/h3-4,11,15H,1-2,5-10,12,18H2. The van der Waals surface area contributed by atoms with Gasteiger partial charge in [0.05, 0.1) is 0 Å². The summed E-state index contributed by atoms with van der Waals surface area (Å²) in [5.74, 6) is 0. The van der Waals surface area contributed by atoms with Crippen molar-refractivity contribution >= 4 is 21.6 Å². The third-order valence-electron chi connectivity index (χ3n) is 4.62. The summed E-state index contributed by atoms with van der Waals surface area (Å²) in [6.45, 7) is 5.67. The third kappa shape index (κ3) is 3.02. The van der Waals surface area contributed by atoms with Gasteiger partial charge in [-0.2, -0.15) is 0 Å². The Balaban J connectivity index is 1.74. The lowest BCUT2D eigenvalue weighted by Gasteiger charge is -2.26. The lowest BCUT2D eigenvalue weighted by Crippen LogP contribution is -2.35. The lowest BCUT2D eigenvalue weighted by molar-refractivity contribution is 0.260. The molecule has 0 amide bonds. The number of hydrogen-bond acceptors (Lipinski definition) is 3. The van der Waals surface area contributed by atoms with Crippen LogP contribution < -0.4 is 10.6 Å². The molecule has 0 radical (unpaired) electrons. The molecule has 110 valence electrons. The van der Waals surface area contributed by atoms with Crippen molar-refractivity contribution in [3.8, 4) is 0 Å². The van der Waals surface area contributed by atoms with E-state index in [1.54, 1.807) is 0 Å². The summed E-state index contributed by atoms with van der Waals surface area (Å²) in [4.78, 5) is 5.24. The largest absolute Gasteiger partial charge is 0.370 e. The first kappa shape index (κ1) is 14.4. The Morgan fingerprint density at radius 3 is 2.75 bits per heavy atom. The quantitative estimate of drug-likeness (QED) is 0.916. The maximum Gasteiger partial charge on any atom is 0.0411 e. The topological polar surface area (TPSA) is 32.5 Å². The molecule has 3 nitrogen and oxygen atoms in total. The van der Waals surface area contributed by atoms with E-state index in [1.807, 2.05) is 0 Å². The Labute approximate surface area is 130 Å². The van der Waals surface area contributed by atoms with Gasteiger partial charge in [-0.25, -0.2) is 0 Å². The van der Waals surface area contributed by atoms with Crippen LogP contribution in [-0.4, -0.2) is 43.7 Å². The van der Waals surface area contributed by atoms with Crippen LogP contribution in [0.5, 0.6) is 0 Å². The van der Waals surface area contributed by atoms with E-state index in [4.69, 9.17) is 5.73 Å². The maximum atomic E-state index is 5.75. The van der Waals surface area contributed by atoms with E-state index in [0.29, 0.717) is 0 Å². The van der Waals surface area contributed by atoms with Crippen LogP contribution in [0.3, 0.4) is 0 Å². The number of benzene rings is 1. The van der Waals surface area contributed by atoms with E-state index in [1.165, 1.54) is 56.7 Å². The second kappa shape index (κ2) is 6.46. The van der Waals surface area contributed by atoms with Gasteiger partial charge in [-0.1, -0.05) is 22.0 Å². The zero-order valence-corrected chi connectivity index (χ0v) is 13.6. The second-order valence-corrected chi connectivity index (χ2v) is 6.86. The minimum absolute atomic E-state index is 0.720. The van der Waals surface area contributed by atoms with E-state index < -0.39 is 0 Å². The summed E-state index contributed by atoms with van der Waals surface area (Å²) in [6.07, 6.45) is 5.03. The van der Waals surface area contributed by atoms with Gasteiger partial charge >= 0.3 is 0 Å². The van der Waals surface area contributed by atoms with Crippen LogP contribution in [0.1, 0.15) is 24.8 Å². The molecule has 1 atom stereocenters. The van der Waals surface area contributed by atoms with Crippen LogP contribution in [-0.2, 0) is 6.42 Å². The van der Waals surface area contributed by atoms with Crippen LogP contribution >= 0.6 is 15.9 Å². The summed E-state index contributed by atoms with van der Waals surface area (Å²) < 4.78 is 1.16. The summed E-state index contributed by atoms with van der Waals surface area (Å²) >= 11 is 3.61. The smallest absolute Gasteiger partial charge is 0.0411 e. The number of hydrogen-bond donors (Lipinski definition) is 1. The normalized spacial score (nSPS) is 23.7. The van der Waals surface area contributed by atoms with Crippen LogP contribution in [0.25, 0.3) is 0 Å². The van der Waals surface area contributed by atoms with E-state index in [-0.39, 0.29) is 0 Å². The van der Waals surface area contributed by atoms with Crippen molar-refractivity contribution < 1.29 is 0 Å². The van der Waals surface area contributed by atoms with Gasteiger partial charge in [-0.3, -0.25) is 4.90 Å². The SMILES string of the molecule is NCCc1ccc(Br)cc1N1CCC(N2CCCC2)C1. The van der Waals surface area contributed by atoms with E-state index in [9.17, 15) is 0 Å². The van der Waals surface area contributed by atoms with Crippen molar-refractivity contribution in [2.45, 2.75) is 31.7 Å². The fraction of sp³-hybridized carbons (Fsp3) is 0.625. The highest BCUT2D eigenvalue weighted by molar-refractivity contribution is 9.10. The molecule has 20 heavy (non-hydrogen) atoms. The predicted octanol–water partition coefficient (Wildman–Crippen LogP) is 2.62. The van der Waals surface area contributed by atoms with Crippen molar-refractivity contribution in [3.05, 3.63) is 28.2 Å². The minimum Gasteiger partial charge on any atom is -0.370 e. The Hall–Kier alpha value is -0.580. The third-order valence-corrected chi connectivity index (χ3v) is 5.12. The average molecular weight is 338 g/mol. The van der Waals surface area contributed by atoms with Gasteiger partial charge in [0, 0.05) is 29.3 Å². The van der Waals surface area contributed by atoms with E-state index in [0.717, 1.165) is 23.5 Å². The molecule has 1 aromatic rings. The highest BCUT2D eigenvalue weighted by Crippen LogP contribution is 2.30. The molecule has 2 aliphatic rings. The van der Waals surface area contributed by atoms with Gasteiger partial charge < -0.3 is 10.6 Å². The molecule has 2 fully saturated rings. The van der Waals surface area contributed by atoms with E-state index >= 15 is 0 Å². The Morgan fingerprint density at radius 1 is 1.20 bits per heavy atom. The fourth-order valence-electron chi connectivity index (χ4n) is 3.56. The maximum absolute atomic E-state index is 5.75. The van der Waals surface area contributed by atoms with Gasteiger partial charge in [0.25, 0.3) is 0 Å². The van der Waals surface area contributed by atoms with Crippen LogP contribution in [0, 0.1) is 0 Å². The second-order valence-electron chi connectivity index (χ2n) is 5.94. The Morgan fingerprint density at radius 2 is 2.00 bits per heavy atom. The molecule has 0 aromatic heterocycles. The lowest BCUT2D eigenvalue weighted by atomic mass is 10.1. The average Bonchev–Trinajstić information content (AvgIpc) is 3.11. The molecule has 4 heteroatoms. The molecular weight excluding hydrogens is 314 g/mol. The molecule has 0 spiro atoms. The predicted molar refractivity (Wildman–Crippen MR) is 88.3 cm³/mol. The molecule has 3 rings (SSSR count). The number of halogens is 1. The van der Waals surface area contributed by atoms with Crippen LogP contribution in [0.4, 0.5) is 5.69 Å². The molecule has 1 unspecified atom stereocenters. The first-order chi connectivity index (χ1) is 9.78. The fourth-order valence-corrected chi connectivity index (χ4v) is 3.91. The van der Waals surface area contributed by atoms with Crippen molar-refractivity contribution in [1.82, 2.24) is 4.90 Å². The molecule has 2 saturated heterocycles. The summed E-state index contributed by atoms with van der Waals surface area (Å²) in [5, 5.41) is 0. The summed E-state index contributed by atoms with van der Waals surface area (Å²) in [5.41, 5.74) is 8.52. The summed E-state index contributed by atoms with van der Waals surface area (Å²) in [7, 11) is 0. The molecule has 2 aliphatic heterocycles. The molecule has 0 aliphatic carbocycles. The highest BCUT2D eigenvalue weighted by Gasteiger charge is 2.30. The van der Waals surface area contributed by atoms with Gasteiger partial charge in [0.15, 0.2) is 0 Å². The highest BCUT2D eigenvalue weighted by atomic mass is 79.9. The molecule has 2 heterocycles. The Kier molecular flexibility index (Phi) is 4.64. The first-order valence-electron chi connectivity index (χ1n) is 7.75. The first-order valence-corrected chi connectivity index (χ1v) is 8.55. The van der Waals surface area contributed by atoms with Crippen molar-refractivity contribution in [2.24, 2.45) is 5.73 Å². The molecule has 0 saturated carbocycles. The van der Waals surface area contributed by atoms with Gasteiger partial charge in [0.2, 0.25) is 0 Å². The van der Waals surface area contributed by atoms with Crippen molar-refractivity contribution in [1.29, 1.82) is 0 Å². The molecular formula is C16H24BrN3. The summed E-state index contributed by atoms with van der Waals surface area (Å²) in [6, 6.07) is 7.36. The molecule has 1 aromatic carbocycles. The van der Waals surface area contributed by atoms with Crippen LogP contribution in [0.2, 0.25) is 0 Å². The van der Waals surface area contributed by atoms with E-state index in [2.05, 4.69) is 43.9 Å². The minimum atomic E-state index is 0.720. The zero-order chi connectivity index (χ0) is 13.9. The number of rotatable bonds is 4.